The van der Waals surface area contributed by atoms with E-state index in [0.717, 1.165) is 66.2 Å². The largest absolute Gasteiger partial charge is 0.493 e. The van der Waals surface area contributed by atoms with Gasteiger partial charge in [-0.25, -0.2) is 0 Å². The first kappa shape index (κ1) is 20.5. The van der Waals surface area contributed by atoms with Crippen molar-refractivity contribution in [1.82, 2.24) is 0 Å². The van der Waals surface area contributed by atoms with Crippen LogP contribution < -0.4 is 18.9 Å². The van der Waals surface area contributed by atoms with E-state index < -0.39 is 5.79 Å². The van der Waals surface area contributed by atoms with Gasteiger partial charge >= 0.3 is 0 Å². The van der Waals surface area contributed by atoms with Gasteiger partial charge in [-0.05, 0) is 68.2 Å². The van der Waals surface area contributed by atoms with E-state index in [1.54, 1.807) is 0 Å². The highest BCUT2D eigenvalue weighted by Gasteiger charge is 2.51. The second-order valence-electron chi connectivity index (χ2n) is 9.77. The number of hydrogen-bond acceptors (Lipinski definition) is 4. The summed E-state index contributed by atoms with van der Waals surface area (Å²) in [7, 11) is 0. The van der Waals surface area contributed by atoms with E-state index in [0.29, 0.717) is 31.0 Å². The average Bonchev–Trinajstić information content (AvgIpc) is 2.89. The Hall–Kier alpha value is -2.36. The van der Waals surface area contributed by atoms with Crippen molar-refractivity contribution in [2.75, 3.05) is 13.2 Å². The summed E-state index contributed by atoms with van der Waals surface area (Å²) in [4.78, 5) is 0. The van der Waals surface area contributed by atoms with Crippen LogP contribution in [0.15, 0.2) is 36.4 Å². The lowest BCUT2D eigenvalue weighted by molar-refractivity contribution is -0.194. The van der Waals surface area contributed by atoms with Crippen molar-refractivity contribution in [1.29, 1.82) is 0 Å². The number of ether oxygens (including phenoxy) is 4. The molecule has 1 aliphatic carbocycles. The van der Waals surface area contributed by atoms with Crippen LogP contribution >= 0.6 is 0 Å². The summed E-state index contributed by atoms with van der Waals surface area (Å²) in [6, 6.07) is 12.3. The van der Waals surface area contributed by atoms with E-state index in [4.69, 9.17) is 18.9 Å². The predicted octanol–water partition coefficient (Wildman–Crippen LogP) is 6.85. The monoisotopic (exact) mass is 422 g/mol. The molecule has 0 amide bonds. The van der Waals surface area contributed by atoms with Crippen molar-refractivity contribution in [3.8, 4) is 34.1 Å². The molecule has 4 nitrogen and oxygen atoms in total. The van der Waals surface area contributed by atoms with Crippen molar-refractivity contribution < 1.29 is 18.9 Å². The third kappa shape index (κ3) is 3.75. The smallest absolute Gasteiger partial charge is 0.254 e. The first-order chi connectivity index (χ1) is 15.1. The number of hydrogen-bond donors (Lipinski definition) is 0. The van der Waals surface area contributed by atoms with Gasteiger partial charge in [-0.15, -0.1) is 0 Å². The van der Waals surface area contributed by atoms with Crippen LogP contribution in [0.1, 0.15) is 59.3 Å². The van der Waals surface area contributed by atoms with Crippen LogP contribution in [0.3, 0.4) is 0 Å². The Morgan fingerprint density at radius 2 is 1.32 bits per heavy atom. The SMILES string of the molecule is CC(C)[C@@H]1CC[C@@H](C)CC12Oc1cccc3c1-c1c(cccc1O2)OCCCCCO3. The van der Waals surface area contributed by atoms with Crippen LogP contribution in [0, 0.1) is 17.8 Å². The van der Waals surface area contributed by atoms with Crippen molar-refractivity contribution >= 4 is 0 Å². The second kappa shape index (κ2) is 8.29. The summed E-state index contributed by atoms with van der Waals surface area (Å²) in [5.74, 6) is 4.02. The van der Waals surface area contributed by atoms with Gasteiger partial charge < -0.3 is 18.9 Å². The second-order valence-corrected chi connectivity index (χ2v) is 9.77. The van der Waals surface area contributed by atoms with Crippen molar-refractivity contribution in [3.63, 3.8) is 0 Å². The van der Waals surface area contributed by atoms with E-state index in [-0.39, 0.29) is 0 Å². The van der Waals surface area contributed by atoms with Gasteiger partial charge in [0.1, 0.15) is 23.0 Å². The maximum atomic E-state index is 6.92. The summed E-state index contributed by atoms with van der Waals surface area (Å²) >= 11 is 0. The molecule has 2 aromatic rings. The van der Waals surface area contributed by atoms with Gasteiger partial charge in [-0.2, -0.15) is 0 Å². The van der Waals surface area contributed by atoms with Crippen molar-refractivity contribution in [2.24, 2.45) is 17.8 Å². The fourth-order valence-electron chi connectivity index (χ4n) is 5.56. The fraction of sp³-hybridized carbons (Fsp3) is 0.556. The van der Waals surface area contributed by atoms with Crippen LogP contribution in [0.4, 0.5) is 0 Å². The highest BCUT2D eigenvalue weighted by Crippen LogP contribution is 2.55. The lowest BCUT2D eigenvalue weighted by Gasteiger charge is -2.46. The summed E-state index contributed by atoms with van der Waals surface area (Å²) in [5, 5.41) is 0. The van der Waals surface area contributed by atoms with E-state index in [1.807, 2.05) is 24.3 Å². The zero-order chi connectivity index (χ0) is 21.4. The lowest BCUT2D eigenvalue weighted by Crippen LogP contribution is -2.54. The molecular weight excluding hydrogens is 388 g/mol. The molecule has 1 spiro atoms. The third-order valence-corrected chi connectivity index (χ3v) is 7.07. The highest BCUT2D eigenvalue weighted by molar-refractivity contribution is 5.86. The Kier molecular flexibility index (Phi) is 5.49. The van der Waals surface area contributed by atoms with Crippen LogP contribution in [-0.4, -0.2) is 19.0 Å². The molecule has 0 unspecified atom stereocenters. The van der Waals surface area contributed by atoms with Gasteiger partial charge in [0.15, 0.2) is 0 Å². The molecule has 5 rings (SSSR count). The first-order valence-electron chi connectivity index (χ1n) is 12.0. The summed E-state index contributed by atoms with van der Waals surface area (Å²) in [6.45, 7) is 8.28. The molecule has 2 aliphatic heterocycles. The summed E-state index contributed by atoms with van der Waals surface area (Å²) < 4.78 is 26.4. The van der Waals surface area contributed by atoms with Gasteiger partial charge in [0.25, 0.3) is 5.79 Å². The normalized spacial score (nSPS) is 24.5. The standard InChI is InChI=1S/C27H34O4/c1-18(2)20-14-13-19(3)17-27(20)30-23-11-7-9-21-25(23)26-22(10-8-12-24(26)31-27)29-16-6-4-5-15-28-21/h7-12,18-20H,4-6,13-17H2,1-3H3/t19-,20+/m1/s1. The highest BCUT2D eigenvalue weighted by atomic mass is 16.7. The molecule has 0 N–H and O–H groups in total. The molecule has 2 aromatic carbocycles. The average molecular weight is 423 g/mol. The Morgan fingerprint density at radius 3 is 1.87 bits per heavy atom. The topological polar surface area (TPSA) is 36.9 Å². The fourth-order valence-corrected chi connectivity index (χ4v) is 5.56. The molecule has 0 aromatic heterocycles. The minimum atomic E-state index is -0.680. The Labute approximate surface area is 185 Å². The molecule has 1 fully saturated rings. The molecule has 31 heavy (non-hydrogen) atoms. The molecule has 166 valence electrons. The quantitative estimate of drug-likeness (QED) is 0.503. The van der Waals surface area contributed by atoms with Crippen molar-refractivity contribution in [2.45, 2.75) is 65.1 Å². The van der Waals surface area contributed by atoms with E-state index in [2.05, 4.69) is 32.9 Å². The zero-order valence-corrected chi connectivity index (χ0v) is 19.0. The summed E-state index contributed by atoms with van der Waals surface area (Å²) in [6.07, 6.45) is 6.33. The first-order valence-corrected chi connectivity index (χ1v) is 12.0. The Bertz CT molecular complexity index is 875. The maximum Gasteiger partial charge on any atom is 0.254 e. The van der Waals surface area contributed by atoms with Gasteiger partial charge in [-0.3, -0.25) is 0 Å². The number of benzene rings is 2. The van der Waals surface area contributed by atoms with E-state index in [1.165, 1.54) is 6.42 Å². The molecule has 1 saturated carbocycles. The molecule has 0 radical (unpaired) electrons. The summed E-state index contributed by atoms with van der Waals surface area (Å²) in [5.41, 5.74) is 1.93. The minimum Gasteiger partial charge on any atom is -0.493 e. The molecule has 0 bridgehead atoms. The molecule has 3 aliphatic rings. The van der Waals surface area contributed by atoms with Crippen LogP contribution in [0.25, 0.3) is 11.1 Å². The molecule has 4 heteroatoms. The van der Waals surface area contributed by atoms with E-state index in [9.17, 15) is 0 Å². The van der Waals surface area contributed by atoms with Gasteiger partial charge in [0.2, 0.25) is 0 Å². The van der Waals surface area contributed by atoms with Crippen LogP contribution in [-0.2, 0) is 0 Å². The van der Waals surface area contributed by atoms with E-state index >= 15 is 0 Å². The number of rotatable bonds is 1. The lowest BCUT2D eigenvalue weighted by atomic mass is 9.72. The van der Waals surface area contributed by atoms with Crippen LogP contribution in [0.2, 0.25) is 0 Å². The van der Waals surface area contributed by atoms with Gasteiger partial charge in [-0.1, -0.05) is 32.9 Å². The third-order valence-electron chi connectivity index (χ3n) is 7.07. The molecule has 2 atom stereocenters. The van der Waals surface area contributed by atoms with Crippen LogP contribution in [0.5, 0.6) is 23.0 Å². The molecule has 2 heterocycles. The Balaban J connectivity index is 1.73. The predicted molar refractivity (Wildman–Crippen MR) is 122 cm³/mol. The van der Waals surface area contributed by atoms with Gasteiger partial charge in [0, 0.05) is 12.3 Å². The van der Waals surface area contributed by atoms with Crippen molar-refractivity contribution in [3.05, 3.63) is 36.4 Å². The van der Waals surface area contributed by atoms with Gasteiger partial charge in [0.05, 0.1) is 24.3 Å². The maximum absolute atomic E-state index is 6.92. The zero-order valence-electron chi connectivity index (χ0n) is 19.0. The minimum absolute atomic E-state index is 0.315. The Morgan fingerprint density at radius 1 is 0.774 bits per heavy atom. The molecule has 0 saturated heterocycles. The molecular formula is C27H34O4.